The number of aromatic nitrogens is 2. The Morgan fingerprint density at radius 2 is 1.73 bits per heavy atom. The smallest absolute Gasteiger partial charge is 0.159 e. The van der Waals surface area contributed by atoms with Gasteiger partial charge in [0.25, 0.3) is 0 Å². The second kappa shape index (κ2) is 6.77. The fraction of sp³-hybridized carbons (Fsp3) is 0.143. The van der Waals surface area contributed by atoms with E-state index in [2.05, 4.69) is 21.6 Å². The summed E-state index contributed by atoms with van der Waals surface area (Å²) < 4.78 is 27.0. The summed E-state index contributed by atoms with van der Waals surface area (Å²) in [6.07, 6.45) is 2.00. The summed E-state index contributed by atoms with van der Waals surface area (Å²) in [5.74, 6) is -1.68. The highest BCUT2D eigenvalue weighted by atomic mass is 19.2. The molecule has 3 aromatic rings. The molecule has 2 heterocycles. The van der Waals surface area contributed by atoms with Crippen LogP contribution in [0.15, 0.2) is 54.6 Å². The second-order valence-corrected chi connectivity index (χ2v) is 6.31. The first-order chi connectivity index (χ1) is 12.6. The van der Waals surface area contributed by atoms with Crippen LogP contribution in [0.2, 0.25) is 0 Å². The number of aryl methyl sites for hydroxylation is 1. The lowest BCUT2D eigenvalue weighted by molar-refractivity contribution is 0.508. The lowest BCUT2D eigenvalue weighted by Gasteiger charge is -2.13. The molecule has 1 aliphatic heterocycles. The molecule has 4 rings (SSSR count). The van der Waals surface area contributed by atoms with Crippen molar-refractivity contribution in [2.75, 3.05) is 6.54 Å². The van der Waals surface area contributed by atoms with Crippen molar-refractivity contribution in [1.29, 1.82) is 0 Å². The SMILES string of the molecule is Cc1ccc(-c2ccc3c(c2)CNCC=C3c2ccc(F)c(F)c2)nn1. The van der Waals surface area contributed by atoms with Gasteiger partial charge in [0.1, 0.15) is 0 Å². The molecule has 0 amide bonds. The van der Waals surface area contributed by atoms with Crippen LogP contribution in [-0.2, 0) is 6.54 Å². The van der Waals surface area contributed by atoms with Crippen LogP contribution in [0.4, 0.5) is 8.78 Å². The number of nitrogens with one attached hydrogen (secondary N) is 1. The van der Waals surface area contributed by atoms with Gasteiger partial charge in [-0.15, -0.1) is 0 Å². The van der Waals surface area contributed by atoms with Crippen molar-refractivity contribution in [3.8, 4) is 11.3 Å². The van der Waals surface area contributed by atoms with Crippen LogP contribution in [0, 0.1) is 18.6 Å². The summed E-state index contributed by atoms with van der Waals surface area (Å²) in [5.41, 5.74) is 6.30. The Labute approximate surface area is 150 Å². The first-order valence-corrected chi connectivity index (χ1v) is 8.42. The van der Waals surface area contributed by atoms with Crippen LogP contribution in [0.1, 0.15) is 22.4 Å². The molecule has 0 radical (unpaired) electrons. The number of halogens is 2. The molecular formula is C21H17F2N3. The van der Waals surface area contributed by atoms with Crippen molar-refractivity contribution in [3.05, 3.63) is 88.6 Å². The lowest BCUT2D eigenvalue weighted by Crippen LogP contribution is -2.11. The van der Waals surface area contributed by atoms with Crippen molar-refractivity contribution < 1.29 is 8.78 Å². The minimum Gasteiger partial charge on any atom is -0.309 e. The van der Waals surface area contributed by atoms with E-state index in [1.165, 1.54) is 12.1 Å². The molecule has 5 heteroatoms. The molecule has 0 saturated carbocycles. The van der Waals surface area contributed by atoms with Crippen LogP contribution in [-0.4, -0.2) is 16.7 Å². The number of hydrogen-bond donors (Lipinski definition) is 1. The van der Waals surface area contributed by atoms with Crippen LogP contribution in [0.5, 0.6) is 0 Å². The summed E-state index contributed by atoms with van der Waals surface area (Å²) in [6.45, 7) is 3.24. The monoisotopic (exact) mass is 349 g/mol. The van der Waals surface area contributed by atoms with Gasteiger partial charge in [0, 0.05) is 18.7 Å². The third-order valence-corrected chi connectivity index (χ3v) is 4.49. The summed E-state index contributed by atoms with van der Waals surface area (Å²) in [7, 11) is 0. The predicted molar refractivity (Wildman–Crippen MR) is 97.3 cm³/mol. The molecule has 3 nitrogen and oxygen atoms in total. The Bertz CT molecular complexity index is 995. The molecule has 130 valence electrons. The van der Waals surface area contributed by atoms with Crippen molar-refractivity contribution >= 4 is 5.57 Å². The van der Waals surface area contributed by atoms with E-state index in [0.29, 0.717) is 18.7 Å². The van der Waals surface area contributed by atoms with Crippen LogP contribution in [0.25, 0.3) is 16.8 Å². The molecule has 1 N–H and O–H groups in total. The molecule has 0 saturated heterocycles. The van der Waals surface area contributed by atoms with Crippen LogP contribution >= 0.6 is 0 Å². The van der Waals surface area contributed by atoms with E-state index in [4.69, 9.17) is 0 Å². The number of hydrogen-bond acceptors (Lipinski definition) is 3. The zero-order valence-corrected chi connectivity index (χ0v) is 14.3. The lowest BCUT2D eigenvalue weighted by atomic mass is 9.92. The Hall–Kier alpha value is -2.92. The van der Waals surface area contributed by atoms with Gasteiger partial charge in [0.2, 0.25) is 0 Å². The van der Waals surface area contributed by atoms with Gasteiger partial charge < -0.3 is 5.32 Å². The summed E-state index contributed by atoms with van der Waals surface area (Å²) in [4.78, 5) is 0. The van der Waals surface area contributed by atoms with Gasteiger partial charge in [-0.25, -0.2) is 8.78 Å². The summed E-state index contributed by atoms with van der Waals surface area (Å²) >= 11 is 0. The van der Waals surface area contributed by atoms with Crippen LogP contribution < -0.4 is 5.32 Å². The van der Waals surface area contributed by atoms with Gasteiger partial charge in [0.05, 0.1) is 11.4 Å². The molecule has 0 atom stereocenters. The maximum Gasteiger partial charge on any atom is 0.159 e. The van der Waals surface area contributed by atoms with Gasteiger partial charge in [-0.1, -0.05) is 24.3 Å². The number of benzene rings is 2. The fourth-order valence-electron chi connectivity index (χ4n) is 3.14. The average molecular weight is 349 g/mol. The minimum absolute atomic E-state index is 0.655. The number of fused-ring (bicyclic) bond motifs is 1. The zero-order valence-electron chi connectivity index (χ0n) is 14.3. The van der Waals surface area contributed by atoms with Gasteiger partial charge in [0.15, 0.2) is 11.6 Å². The highest BCUT2D eigenvalue weighted by Gasteiger charge is 2.16. The topological polar surface area (TPSA) is 37.8 Å². The van der Waals surface area contributed by atoms with Gasteiger partial charge in [-0.05, 0) is 59.5 Å². The van der Waals surface area contributed by atoms with E-state index in [9.17, 15) is 8.78 Å². The molecule has 26 heavy (non-hydrogen) atoms. The summed E-state index contributed by atoms with van der Waals surface area (Å²) in [5, 5.41) is 11.7. The van der Waals surface area contributed by atoms with Crippen molar-refractivity contribution in [1.82, 2.24) is 15.5 Å². The van der Waals surface area contributed by atoms with Gasteiger partial charge >= 0.3 is 0 Å². The average Bonchev–Trinajstić information content (AvgIpc) is 2.86. The fourth-order valence-corrected chi connectivity index (χ4v) is 3.14. The van der Waals surface area contributed by atoms with E-state index in [0.717, 1.165) is 33.7 Å². The van der Waals surface area contributed by atoms with E-state index < -0.39 is 11.6 Å². The normalized spacial score (nSPS) is 13.7. The molecular weight excluding hydrogens is 332 g/mol. The second-order valence-electron chi connectivity index (χ2n) is 6.31. The van der Waals surface area contributed by atoms with Crippen LogP contribution in [0.3, 0.4) is 0 Å². The minimum atomic E-state index is -0.839. The quantitative estimate of drug-likeness (QED) is 0.751. The first kappa shape index (κ1) is 16.5. The predicted octanol–water partition coefficient (Wildman–Crippen LogP) is 4.27. The van der Waals surface area contributed by atoms with Crippen molar-refractivity contribution in [3.63, 3.8) is 0 Å². The molecule has 1 aliphatic rings. The maximum absolute atomic E-state index is 13.7. The summed E-state index contributed by atoms with van der Waals surface area (Å²) in [6, 6.07) is 14.0. The van der Waals surface area contributed by atoms with Crippen molar-refractivity contribution in [2.24, 2.45) is 0 Å². The Kier molecular flexibility index (Phi) is 4.31. The standard InChI is InChI=1S/C21H17F2N3/c1-13-2-7-21(26-25-13)15-3-5-17-16(10-15)12-24-9-8-18(17)14-4-6-19(22)20(23)11-14/h2-8,10-11,24H,9,12H2,1H3. The van der Waals surface area contributed by atoms with Gasteiger partial charge in [-0.3, -0.25) is 0 Å². The molecule has 0 spiro atoms. The first-order valence-electron chi connectivity index (χ1n) is 8.42. The Morgan fingerprint density at radius 3 is 2.50 bits per heavy atom. The highest BCUT2D eigenvalue weighted by molar-refractivity contribution is 5.83. The Morgan fingerprint density at radius 1 is 0.885 bits per heavy atom. The number of rotatable bonds is 2. The number of nitrogens with zero attached hydrogens (tertiary/aromatic N) is 2. The zero-order chi connectivity index (χ0) is 18.1. The largest absolute Gasteiger partial charge is 0.309 e. The molecule has 0 bridgehead atoms. The van der Waals surface area contributed by atoms with Gasteiger partial charge in [-0.2, -0.15) is 10.2 Å². The molecule has 0 aliphatic carbocycles. The van der Waals surface area contributed by atoms with E-state index in [-0.39, 0.29) is 0 Å². The Balaban J connectivity index is 1.78. The third-order valence-electron chi connectivity index (χ3n) is 4.49. The molecule has 0 unspecified atom stereocenters. The molecule has 2 aromatic carbocycles. The highest BCUT2D eigenvalue weighted by Crippen LogP contribution is 2.31. The maximum atomic E-state index is 13.7. The van der Waals surface area contributed by atoms with E-state index in [1.807, 2.05) is 37.3 Å². The molecule has 0 fully saturated rings. The van der Waals surface area contributed by atoms with Crippen molar-refractivity contribution in [2.45, 2.75) is 13.5 Å². The van der Waals surface area contributed by atoms with E-state index >= 15 is 0 Å². The third kappa shape index (κ3) is 3.13. The van der Waals surface area contributed by atoms with E-state index in [1.54, 1.807) is 6.07 Å². The molecule has 1 aromatic heterocycles.